The van der Waals surface area contributed by atoms with E-state index >= 15 is 0 Å². The monoisotopic (exact) mass is 241 g/mol. The van der Waals surface area contributed by atoms with Crippen LogP contribution in [-0.2, 0) is 9.47 Å². The molecule has 1 saturated carbocycles. The third kappa shape index (κ3) is 6.39. The van der Waals surface area contributed by atoms with Crippen molar-refractivity contribution in [2.24, 2.45) is 11.8 Å². The van der Waals surface area contributed by atoms with Crippen molar-refractivity contribution in [2.45, 2.75) is 51.7 Å². The fourth-order valence-corrected chi connectivity index (χ4v) is 2.20. The van der Waals surface area contributed by atoms with E-state index in [2.05, 4.69) is 19.2 Å². The van der Waals surface area contributed by atoms with Crippen molar-refractivity contribution in [1.82, 2.24) is 5.32 Å². The predicted octanol–water partition coefficient (Wildman–Crippen LogP) is 2.21. The molecule has 3 aliphatic rings. The predicted molar refractivity (Wildman–Crippen MR) is 69.1 cm³/mol. The highest BCUT2D eigenvalue weighted by Crippen LogP contribution is 2.27. The molecule has 0 aromatic carbocycles. The lowest BCUT2D eigenvalue weighted by Crippen LogP contribution is -2.24. The highest BCUT2D eigenvalue weighted by Gasteiger charge is 2.25. The summed E-state index contributed by atoms with van der Waals surface area (Å²) in [6.45, 7) is 8.62. The third-order valence-corrected chi connectivity index (χ3v) is 3.85. The summed E-state index contributed by atoms with van der Waals surface area (Å²) in [5.74, 6) is 2.04. The number of nitrogens with one attached hydrogen (secondary N) is 1. The Bertz CT molecular complexity index is 184. The first kappa shape index (κ1) is 13.3. The second kappa shape index (κ2) is 6.72. The van der Waals surface area contributed by atoms with Crippen LogP contribution in [0.1, 0.15) is 39.5 Å². The molecule has 2 atom stereocenters. The Labute approximate surface area is 105 Å². The zero-order chi connectivity index (χ0) is 12.1. The number of epoxide rings is 2. The first-order chi connectivity index (χ1) is 8.24. The van der Waals surface area contributed by atoms with Crippen molar-refractivity contribution in [3.8, 4) is 0 Å². The molecule has 17 heavy (non-hydrogen) atoms. The molecule has 0 spiro atoms. The molecule has 3 rings (SSSR count). The van der Waals surface area contributed by atoms with Gasteiger partial charge in [-0.15, -0.1) is 0 Å². The molecule has 2 unspecified atom stereocenters. The highest BCUT2D eigenvalue weighted by atomic mass is 16.6. The van der Waals surface area contributed by atoms with E-state index in [0.29, 0.717) is 12.2 Å². The number of hydrogen-bond donors (Lipinski definition) is 1. The van der Waals surface area contributed by atoms with Gasteiger partial charge in [-0.05, 0) is 11.8 Å². The Morgan fingerprint density at radius 1 is 0.824 bits per heavy atom. The summed E-state index contributed by atoms with van der Waals surface area (Å²) >= 11 is 0. The topological polar surface area (TPSA) is 37.1 Å². The van der Waals surface area contributed by atoms with Gasteiger partial charge in [-0.3, -0.25) is 0 Å². The molecule has 0 aromatic rings. The van der Waals surface area contributed by atoms with Crippen molar-refractivity contribution < 1.29 is 9.47 Å². The maximum absolute atomic E-state index is 5.01. The van der Waals surface area contributed by atoms with Gasteiger partial charge in [0.1, 0.15) is 0 Å². The number of rotatable bonds is 4. The lowest BCUT2D eigenvalue weighted by molar-refractivity contribution is 0.308. The van der Waals surface area contributed by atoms with Crippen molar-refractivity contribution in [3.05, 3.63) is 0 Å². The lowest BCUT2D eigenvalue weighted by Gasteiger charge is -2.22. The van der Waals surface area contributed by atoms with Crippen LogP contribution >= 0.6 is 0 Å². The average Bonchev–Trinajstić information content (AvgIpc) is 3.16. The minimum absolute atomic E-state index is 0.503. The summed E-state index contributed by atoms with van der Waals surface area (Å²) in [7, 11) is 0. The van der Waals surface area contributed by atoms with E-state index in [4.69, 9.17) is 9.47 Å². The van der Waals surface area contributed by atoms with E-state index in [0.717, 1.165) is 38.1 Å². The van der Waals surface area contributed by atoms with E-state index in [1.165, 1.54) is 25.7 Å². The summed E-state index contributed by atoms with van der Waals surface area (Å²) < 4.78 is 10.0. The van der Waals surface area contributed by atoms with Crippen LogP contribution in [0.3, 0.4) is 0 Å². The van der Waals surface area contributed by atoms with Crippen LogP contribution in [-0.4, -0.2) is 38.5 Å². The molecule has 100 valence electrons. The maximum atomic E-state index is 5.01. The first-order valence-electron chi connectivity index (χ1n) is 7.18. The van der Waals surface area contributed by atoms with Gasteiger partial charge in [0.25, 0.3) is 0 Å². The summed E-state index contributed by atoms with van der Waals surface area (Å²) in [6.07, 6.45) is 6.90. The Kier molecular flexibility index (Phi) is 5.26. The van der Waals surface area contributed by atoms with Crippen LogP contribution in [0.15, 0.2) is 0 Å². The van der Waals surface area contributed by atoms with E-state index < -0.39 is 0 Å². The fraction of sp³-hybridized carbons (Fsp3) is 1.00. The van der Waals surface area contributed by atoms with Gasteiger partial charge in [-0.25, -0.2) is 0 Å². The Balaban J connectivity index is 0.000000128. The molecule has 3 nitrogen and oxygen atoms in total. The third-order valence-electron chi connectivity index (χ3n) is 3.85. The van der Waals surface area contributed by atoms with Crippen LogP contribution in [0.25, 0.3) is 0 Å². The van der Waals surface area contributed by atoms with Gasteiger partial charge < -0.3 is 14.8 Å². The summed E-state index contributed by atoms with van der Waals surface area (Å²) in [4.78, 5) is 0. The Morgan fingerprint density at radius 3 is 1.47 bits per heavy atom. The molecule has 1 N–H and O–H groups in total. The molecule has 0 bridgehead atoms. The number of hydrogen-bond acceptors (Lipinski definition) is 3. The molecule has 2 saturated heterocycles. The zero-order valence-corrected chi connectivity index (χ0v) is 11.3. The standard InChI is InChI=1S/C8H16.C6H11NO2/c1-7-3-5-8(2)6-4-7;1(5-3-8-5)7-2-6-4-9-6/h7-8H,3-6H2,1-2H3;5-7H,1-4H2. The largest absolute Gasteiger partial charge is 0.372 e. The van der Waals surface area contributed by atoms with E-state index in [1.807, 2.05) is 0 Å². The molecule has 1 aliphatic carbocycles. The molecule has 2 heterocycles. The second-order valence-electron chi connectivity index (χ2n) is 5.93. The van der Waals surface area contributed by atoms with E-state index in [9.17, 15) is 0 Å². The molecule has 2 aliphatic heterocycles. The smallest absolute Gasteiger partial charge is 0.0933 e. The molecule has 3 heteroatoms. The lowest BCUT2D eigenvalue weighted by atomic mass is 9.84. The molecule has 0 aromatic heterocycles. The van der Waals surface area contributed by atoms with Crippen molar-refractivity contribution in [1.29, 1.82) is 0 Å². The molecule has 0 radical (unpaired) electrons. The van der Waals surface area contributed by atoms with Crippen LogP contribution in [0.5, 0.6) is 0 Å². The normalized spacial score (nSPS) is 39.2. The molecule has 3 fully saturated rings. The number of ether oxygens (including phenoxy) is 2. The minimum atomic E-state index is 0.503. The van der Waals surface area contributed by atoms with E-state index in [1.54, 1.807) is 0 Å². The van der Waals surface area contributed by atoms with Gasteiger partial charge in [0.15, 0.2) is 0 Å². The Morgan fingerprint density at radius 2 is 1.18 bits per heavy atom. The van der Waals surface area contributed by atoms with Gasteiger partial charge >= 0.3 is 0 Å². The van der Waals surface area contributed by atoms with Crippen molar-refractivity contribution in [3.63, 3.8) is 0 Å². The van der Waals surface area contributed by atoms with Gasteiger partial charge in [0.05, 0.1) is 25.4 Å². The molecular weight excluding hydrogens is 214 g/mol. The fourth-order valence-electron chi connectivity index (χ4n) is 2.20. The maximum Gasteiger partial charge on any atom is 0.0933 e. The van der Waals surface area contributed by atoms with Crippen LogP contribution in [0, 0.1) is 11.8 Å². The summed E-state index contributed by atoms with van der Waals surface area (Å²) in [6, 6.07) is 0. The van der Waals surface area contributed by atoms with Gasteiger partial charge in [0, 0.05) is 13.1 Å². The molecule has 0 amide bonds. The average molecular weight is 241 g/mol. The first-order valence-corrected chi connectivity index (χ1v) is 7.18. The van der Waals surface area contributed by atoms with Crippen LogP contribution < -0.4 is 5.32 Å². The molecular formula is C14H27NO2. The van der Waals surface area contributed by atoms with E-state index in [-0.39, 0.29) is 0 Å². The van der Waals surface area contributed by atoms with Crippen LogP contribution in [0.2, 0.25) is 0 Å². The Hall–Kier alpha value is -0.120. The van der Waals surface area contributed by atoms with Crippen molar-refractivity contribution >= 4 is 0 Å². The SMILES string of the molecule is C(NCC1CO1)C1CO1.CC1CCC(C)CC1. The summed E-state index contributed by atoms with van der Waals surface area (Å²) in [5, 5.41) is 3.26. The minimum Gasteiger partial charge on any atom is -0.372 e. The zero-order valence-electron chi connectivity index (χ0n) is 11.3. The summed E-state index contributed by atoms with van der Waals surface area (Å²) in [5.41, 5.74) is 0. The van der Waals surface area contributed by atoms with Gasteiger partial charge in [-0.2, -0.15) is 0 Å². The second-order valence-corrected chi connectivity index (χ2v) is 5.93. The van der Waals surface area contributed by atoms with Gasteiger partial charge in [0.2, 0.25) is 0 Å². The van der Waals surface area contributed by atoms with Gasteiger partial charge in [-0.1, -0.05) is 39.5 Å². The quantitative estimate of drug-likeness (QED) is 0.767. The van der Waals surface area contributed by atoms with Crippen molar-refractivity contribution in [2.75, 3.05) is 26.3 Å². The van der Waals surface area contributed by atoms with Crippen LogP contribution in [0.4, 0.5) is 0 Å². The highest BCUT2D eigenvalue weighted by molar-refractivity contribution is 4.76.